The first-order valence-electron chi connectivity index (χ1n) is 8.79. The summed E-state index contributed by atoms with van der Waals surface area (Å²) in [5.41, 5.74) is 1.14. The Morgan fingerprint density at radius 3 is 2.60 bits per heavy atom. The van der Waals surface area contributed by atoms with E-state index >= 15 is 0 Å². The largest absolute Gasteiger partial charge is 0.489 e. The second kappa shape index (κ2) is 7.10. The molecule has 0 N–H and O–H groups in total. The summed E-state index contributed by atoms with van der Waals surface area (Å²) < 4.78 is 32.3. The van der Waals surface area contributed by atoms with Gasteiger partial charge in [0.05, 0.1) is 0 Å². The van der Waals surface area contributed by atoms with Crippen LogP contribution in [0.3, 0.4) is 0 Å². The molecule has 0 radical (unpaired) electrons. The van der Waals surface area contributed by atoms with E-state index in [1.807, 2.05) is 12.1 Å². The Morgan fingerprint density at radius 1 is 0.960 bits per heavy atom. The molecule has 5 heteroatoms. The number of ether oxygens (including phenoxy) is 1. The lowest BCUT2D eigenvalue weighted by atomic mass is 10.1. The van der Waals surface area contributed by atoms with Crippen molar-refractivity contribution in [3.05, 3.63) is 65.7 Å². The molecule has 2 saturated heterocycles. The summed E-state index contributed by atoms with van der Waals surface area (Å²) in [7, 11) is 0. The molecule has 4 rings (SSSR count). The summed E-state index contributed by atoms with van der Waals surface area (Å²) in [6, 6.07) is 13.6. The lowest BCUT2D eigenvalue weighted by Crippen LogP contribution is -2.49. The van der Waals surface area contributed by atoms with Gasteiger partial charge in [0.15, 0.2) is 0 Å². The van der Waals surface area contributed by atoms with Gasteiger partial charge in [0, 0.05) is 51.3 Å². The summed E-state index contributed by atoms with van der Waals surface area (Å²) in [4.78, 5) is 4.88. The van der Waals surface area contributed by atoms with Crippen LogP contribution in [0.4, 0.5) is 8.78 Å². The van der Waals surface area contributed by atoms with Gasteiger partial charge < -0.3 is 4.74 Å². The zero-order valence-corrected chi connectivity index (χ0v) is 14.1. The molecule has 0 aromatic heterocycles. The monoisotopic (exact) mass is 344 g/mol. The van der Waals surface area contributed by atoms with Gasteiger partial charge in [-0.15, -0.1) is 0 Å². The van der Waals surface area contributed by atoms with Crippen molar-refractivity contribution < 1.29 is 13.5 Å². The average Bonchev–Trinajstić information content (AvgIpc) is 2.98. The average molecular weight is 344 g/mol. The number of nitrogens with zero attached hydrogens (tertiary/aromatic N) is 2. The van der Waals surface area contributed by atoms with Gasteiger partial charge in [-0.25, -0.2) is 8.78 Å². The number of rotatable bonds is 4. The molecule has 2 aromatic rings. The maximum Gasteiger partial charge on any atom is 0.126 e. The van der Waals surface area contributed by atoms with E-state index in [9.17, 15) is 8.78 Å². The zero-order valence-electron chi connectivity index (χ0n) is 14.1. The number of fused-ring (bicyclic) bond motifs is 1. The van der Waals surface area contributed by atoms with Crippen molar-refractivity contribution in [1.29, 1.82) is 0 Å². The predicted molar refractivity (Wildman–Crippen MR) is 92.5 cm³/mol. The van der Waals surface area contributed by atoms with Crippen molar-refractivity contribution in [2.24, 2.45) is 0 Å². The Labute approximate surface area is 146 Å². The Hall–Kier alpha value is -1.98. The van der Waals surface area contributed by atoms with Crippen LogP contribution in [-0.2, 0) is 6.54 Å². The van der Waals surface area contributed by atoms with Crippen LogP contribution in [0.5, 0.6) is 5.75 Å². The van der Waals surface area contributed by atoms with Crippen molar-refractivity contribution >= 4 is 0 Å². The lowest BCUT2D eigenvalue weighted by Gasteiger charge is -2.37. The summed E-state index contributed by atoms with van der Waals surface area (Å²) in [6.45, 7) is 4.74. The van der Waals surface area contributed by atoms with Crippen LogP contribution in [-0.4, -0.2) is 48.1 Å². The second-order valence-electron chi connectivity index (χ2n) is 6.94. The van der Waals surface area contributed by atoms with Crippen molar-refractivity contribution in [1.82, 2.24) is 9.80 Å². The predicted octanol–water partition coefficient (Wildman–Crippen LogP) is 3.30. The number of hydrogen-bond donors (Lipinski definition) is 0. The molecule has 2 fully saturated rings. The topological polar surface area (TPSA) is 15.7 Å². The third kappa shape index (κ3) is 3.99. The minimum absolute atomic E-state index is 0.109. The summed E-state index contributed by atoms with van der Waals surface area (Å²) in [5.74, 6) is 0.147. The molecule has 0 spiro atoms. The van der Waals surface area contributed by atoms with Gasteiger partial charge in [0.2, 0.25) is 0 Å². The highest BCUT2D eigenvalue weighted by Crippen LogP contribution is 2.26. The molecule has 25 heavy (non-hydrogen) atoms. The first kappa shape index (κ1) is 16.5. The normalized spacial score (nSPS) is 24.2. The maximum atomic E-state index is 13.3. The zero-order chi connectivity index (χ0) is 17.2. The quantitative estimate of drug-likeness (QED) is 0.846. The van der Waals surface area contributed by atoms with Crippen molar-refractivity contribution in [2.75, 3.05) is 26.2 Å². The molecule has 0 amide bonds. The number of piperazine rings is 1. The van der Waals surface area contributed by atoms with Crippen LogP contribution in [0.2, 0.25) is 0 Å². The lowest BCUT2D eigenvalue weighted by molar-refractivity contribution is 0.0978. The summed E-state index contributed by atoms with van der Waals surface area (Å²) in [5, 5.41) is 0. The molecular weight excluding hydrogens is 322 g/mol. The highest BCUT2D eigenvalue weighted by atomic mass is 19.1. The summed E-state index contributed by atoms with van der Waals surface area (Å²) in [6.07, 6.45) is 1.06. The Bertz CT molecular complexity index is 722. The number of halogens is 2. The fourth-order valence-corrected chi connectivity index (χ4v) is 3.87. The van der Waals surface area contributed by atoms with E-state index < -0.39 is 0 Å². The Morgan fingerprint density at radius 2 is 1.80 bits per heavy atom. The number of benzene rings is 2. The SMILES string of the molecule is Fc1ccc(CN2CCN3C[C@@H](Oc4cccc(F)c4)C[C@H]3C2)cc1. The van der Waals surface area contributed by atoms with E-state index in [0.29, 0.717) is 11.8 Å². The standard InChI is InChI=1S/C20H22F2N2O/c21-16-6-4-15(5-7-16)12-23-8-9-24-14-20(11-18(24)13-23)25-19-3-1-2-17(22)10-19/h1-7,10,18,20H,8-9,11-14H2/t18-,20-/m0/s1. The summed E-state index contributed by atoms with van der Waals surface area (Å²) >= 11 is 0. The van der Waals surface area contributed by atoms with Gasteiger partial charge in [-0.1, -0.05) is 18.2 Å². The minimum atomic E-state index is -0.265. The third-order valence-corrected chi connectivity index (χ3v) is 5.08. The van der Waals surface area contributed by atoms with Gasteiger partial charge >= 0.3 is 0 Å². The fraction of sp³-hybridized carbons (Fsp3) is 0.400. The van der Waals surface area contributed by atoms with Gasteiger partial charge in [-0.2, -0.15) is 0 Å². The number of hydrogen-bond acceptors (Lipinski definition) is 3. The van der Waals surface area contributed by atoms with Crippen molar-refractivity contribution in [2.45, 2.75) is 25.1 Å². The first-order valence-corrected chi connectivity index (χ1v) is 8.79. The second-order valence-corrected chi connectivity index (χ2v) is 6.94. The highest BCUT2D eigenvalue weighted by Gasteiger charge is 2.37. The molecule has 2 aliphatic heterocycles. The smallest absolute Gasteiger partial charge is 0.126 e. The van der Waals surface area contributed by atoms with E-state index in [-0.39, 0.29) is 17.7 Å². The first-order chi connectivity index (χ1) is 12.2. The van der Waals surface area contributed by atoms with E-state index in [4.69, 9.17) is 4.74 Å². The van der Waals surface area contributed by atoms with Gasteiger partial charge in [-0.05, 0) is 29.8 Å². The molecule has 132 valence electrons. The maximum absolute atomic E-state index is 13.3. The van der Waals surface area contributed by atoms with Crippen LogP contribution in [0.1, 0.15) is 12.0 Å². The molecule has 0 aliphatic carbocycles. The van der Waals surface area contributed by atoms with E-state index in [0.717, 1.165) is 44.7 Å². The molecule has 2 aliphatic rings. The molecule has 2 atom stereocenters. The van der Waals surface area contributed by atoms with Gasteiger partial charge in [-0.3, -0.25) is 9.80 Å². The Kier molecular flexibility index (Phi) is 4.68. The van der Waals surface area contributed by atoms with E-state index in [1.54, 1.807) is 12.1 Å². The van der Waals surface area contributed by atoms with Gasteiger partial charge in [0.25, 0.3) is 0 Å². The molecule has 3 nitrogen and oxygen atoms in total. The van der Waals surface area contributed by atoms with Crippen LogP contribution in [0.15, 0.2) is 48.5 Å². The van der Waals surface area contributed by atoms with Crippen LogP contribution in [0.25, 0.3) is 0 Å². The van der Waals surface area contributed by atoms with Crippen molar-refractivity contribution in [3.8, 4) is 5.75 Å². The van der Waals surface area contributed by atoms with Crippen LogP contribution >= 0.6 is 0 Å². The molecular formula is C20H22F2N2O. The minimum Gasteiger partial charge on any atom is -0.489 e. The molecule has 0 bridgehead atoms. The highest BCUT2D eigenvalue weighted by molar-refractivity contribution is 5.23. The third-order valence-electron chi connectivity index (χ3n) is 5.08. The Balaban J connectivity index is 1.33. The molecule has 0 saturated carbocycles. The molecule has 0 unspecified atom stereocenters. The van der Waals surface area contributed by atoms with Crippen LogP contribution in [0, 0.1) is 11.6 Å². The van der Waals surface area contributed by atoms with Crippen LogP contribution < -0.4 is 4.74 Å². The van der Waals surface area contributed by atoms with Crippen molar-refractivity contribution in [3.63, 3.8) is 0 Å². The fourth-order valence-electron chi connectivity index (χ4n) is 3.87. The van der Waals surface area contributed by atoms with E-state index in [1.165, 1.54) is 24.3 Å². The molecule has 2 heterocycles. The molecule has 2 aromatic carbocycles. The van der Waals surface area contributed by atoms with E-state index in [2.05, 4.69) is 9.80 Å². The van der Waals surface area contributed by atoms with Gasteiger partial charge in [0.1, 0.15) is 23.5 Å².